The number of halogens is 1. The van der Waals surface area contributed by atoms with Crippen molar-refractivity contribution in [3.8, 4) is 28.5 Å². The largest absolute Gasteiger partial charge is 0.493 e. The monoisotopic (exact) mass is 498 g/mol. The summed E-state index contributed by atoms with van der Waals surface area (Å²) >= 11 is -0.198. The zero-order valence-corrected chi connectivity index (χ0v) is 20.6. The molecule has 1 amide bonds. The zero-order chi connectivity index (χ0) is 24.8. The summed E-state index contributed by atoms with van der Waals surface area (Å²) in [5, 5.41) is 0. The molecule has 4 rings (SSSR count). The fraction of sp³-hybridized carbons (Fsp3) is 0.308. The lowest BCUT2D eigenvalue weighted by Gasteiger charge is -2.23. The van der Waals surface area contributed by atoms with Gasteiger partial charge in [-0.1, -0.05) is 30.3 Å². The van der Waals surface area contributed by atoms with Gasteiger partial charge in [0.15, 0.2) is 17.6 Å². The van der Waals surface area contributed by atoms with Crippen molar-refractivity contribution >= 4 is 24.0 Å². The number of rotatable bonds is 10. The van der Waals surface area contributed by atoms with Gasteiger partial charge in [0.2, 0.25) is 18.3 Å². The molecule has 1 unspecified atom stereocenters. The van der Waals surface area contributed by atoms with E-state index in [1.54, 1.807) is 49.2 Å². The molecule has 2 heterocycles. The Balaban J connectivity index is 1.40. The van der Waals surface area contributed by atoms with Gasteiger partial charge in [0, 0.05) is 42.5 Å². The number of nitrogens with zero attached hydrogens (tertiary/aromatic N) is 2. The van der Waals surface area contributed by atoms with E-state index in [0.717, 1.165) is 11.1 Å². The lowest BCUT2D eigenvalue weighted by atomic mass is 10.1. The average molecular weight is 499 g/mol. The maximum atomic E-state index is 13.1. The number of hydrogen-bond donors (Lipinski definition) is 0. The van der Waals surface area contributed by atoms with Crippen LogP contribution >= 0.6 is 12.4 Å². The fourth-order valence-electron chi connectivity index (χ4n) is 3.72. The van der Waals surface area contributed by atoms with E-state index >= 15 is 0 Å². The quantitative estimate of drug-likeness (QED) is 0.335. The first-order valence-corrected chi connectivity index (χ1v) is 11.8. The van der Waals surface area contributed by atoms with Crippen LogP contribution in [0.3, 0.4) is 0 Å². The Labute approximate surface area is 208 Å². The lowest BCUT2D eigenvalue weighted by molar-refractivity contribution is -0.123. The molecular formula is C26H27FN2O5S. The highest BCUT2D eigenvalue weighted by Gasteiger charge is 2.35. The van der Waals surface area contributed by atoms with Crippen molar-refractivity contribution in [3.63, 3.8) is 0 Å². The molecule has 0 saturated carbocycles. The van der Waals surface area contributed by atoms with Crippen molar-refractivity contribution < 1.29 is 27.1 Å². The van der Waals surface area contributed by atoms with Crippen molar-refractivity contribution in [2.45, 2.75) is 32.0 Å². The van der Waals surface area contributed by atoms with Crippen LogP contribution in [-0.4, -0.2) is 42.9 Å². The topological polar surface area (TPSA) is 70.1 Å². The maximum Gasteiger partial charge on any atom is 0.268 e. The first kappa shape index (κ1) is 24.8. The second-order valence-corrected chi connectivity index (χ2v) is 8.96. The van der Waals surface area contributed by atoms with E-state index in [9.17, 15) is 8.68 Å². The minimum Gasteiger partial charge on any atom is -0.493 e. The third-order valence-corrected chi connectivity index (χ3v) is 6.07. The maximum absolute atomic E-state index is 13.1. The van der Waals surface area contributed by atoms with Crippen LogP contribution in [0.1, 0.15) is 20.3 Å². The number of ether oxygens (including phenoxy) is 3. The molecule has 1 saturated heterocycles. The van der Waals surface area contributed by atoms with E-state index in [0.29, 0.717) is 36.0 Å². The molecule has 0 N–H and O–H groups in total. The fourth-order valence-corrected chi connectivity index (χ4v) is 3.94. The molecule has 1 aliphatic rings. The van der Waals surface area contributed by atoms with Crippen LogP contribution in [0.2, 0.25) is 0 Å². The van der Waals surface area contributed by atoms with Crippen LogP contribution in [0, 0.1) is 0 Å². The van der Waals surface area contributed by atoms with Gasteiger partial charge in [-0.2, -0.15) is 0 Å². The highest BCUT2D eigenvalue weighted by atomic mass is 32.2. The highest BCUT2D eigenvalue weighted by Crippen LogP contribution is 2.35. The molecule has 1 aliphatic heterocycles. The van der Waals surface area contributed by atoms with E-state index in [1.165, 1.54) is 7.11 Å². The van der Waals surface area contributed by atoms with Crippen molar-refractivity contribution in [1.29, 1.82) is 0 Å². The number of aromatic nitrogens is 1. The molecule has 3 aromatic rings. The minimum atomic E-state index is -0.827. The van der Waals surface area contributed by atoms with Crippen LogP contribution in [0.5, 0.6) is 17.4 Å². The van der Waals surface area contributed by atoms with E-state index < -0.39 is 11.7 Å². The summed E-state index contributed by atoms with van der Waals surface area (Å²) in [6.07, 6.45) is 1.65. The summed E-state index contributed by atoms with van der Waals surface area (Å²) in [6.45, 7) is 4.05. The Hall–Kier alpha value is -3.30. The number of amides is 1. The number of benzene rings is 2. The number of anilines is 1. The number of carbonyl (C=O) groups is 1. The predicted molar refractivity (Wildman–Crippen MR) is 133 cm³/mol. The molecular weight excluding hydrogens is 471 g/mol. The summed E-state index contributed by atoms with van der Waals surface area (Å²) in [5.41, 5.74) is 1.89. The first-order chi connectivity index (χ1) is 16.9. The third-order valence-electron chi connectivity index (χ3n) is 5.55. The van der Waals surface area contributed by atoms with Crippen LogP contribution in [-0.2, 0) is 8.98 Å². The Kier molecular flexibility index (Phi) is 7.77. The summed E-state index contributed by atoms with van der Waals surface area (Å²) < 4.78 is 34.5. The summed E-state index contributed by atoms with van der Waals surface area (Å²) in [7, 11) is 1.52. The number of methoxy groups -OCH3 is 1. The molecule has 1 aromatic heterocycles. The number of hydrogen-bond acceptors (Lipinski definition) is 7. The molecule has 2 aromatic carbocycles. The summed E-state index contributed by atoms with van der Waals surface area (Å²) in [5.74, 6) is 1.19. The molecule has 0 spiro atoms. The van der Waals surface area contributed by atoms with Crippen LogP contribution in [0.25, 0.3) is 11.1 Å². The van der Waals surface area contributed by atoms with Gasteiger partial charge in [0.1, 0.15) is 12.2 Å². The van der Waals surface area contributed by atoms with Gasteiger partial charge in [-0.3, -0.25) is 8.98 Å². The highest BCUT2D eigenvalue weighted by molar-refractivity contribution is 7.89. The van der Waals surface area contributed by atoms with Crippen molar-refractivity contribution in [2.24, 2.45) is 0 Å². The molecule has 9 heteroatoms. The van der Waals surface area contributed by atoms with Gasteiger partial charge in [-0.05, 0) is 37.6 Å². The molecule has 35 heavy (non-hydrogen) atoms. The van der Waals surface area contributed by atoms with E-state index in [4.69, 9.17) is 18.4 Å². The van der Waals surface area contributed by atoms with E-state index in [2.05, 4.69) is 4.98 Å². The molecule has 0 aliphatic carbocycles. The lowest BCUT2D eigenvalue weighted by Crippen LogP contribution is -2.32. The third kappa shape index (κ3) is 6.04. The second-order valence-electron chi connectivity index (χ2n) is 8.67. The molecule has 1 fully saturated rings. The number of pyridine rings is 1. The Bertz CT molecular complexity index is 1140. The summed E-state index contributed by atoms with van der Waals surface area (Å²) in [6, 6.07) is 18.9. The number of carbonyl (C=O) groups excluding carboxylic acids is 1. The van der Waals surface area contributed by atoms with E-state index in [1.807, 2.05) is 36.4 Å². The van der Waals surface area contributed by atoms with Gasteiger partial charge in [-0.15, -0.1) is 3.89 Å². The Morgan fingerprint density at radius 1 is 1.09 bits per heavy atom. The Morgan fingerprint density at radius 3 is 2.57 bits per heavy atom. The summed E-state index contributed by atoms with van der Waals surface area (Å²) in [4.78, 5) is 19.1. The van der Waals surface area contributed by atoms with Crippen LogP contribution < -0.4 is 19.1 Å². The molecule has 184 valence electrons. The molecule has 7 nitrogen and oxygen atoms in total. The van der Waals surface area contributed by atoms with Crippen molar-refractivity contribution in [3.05, 3.63) is 66.9 Å². The zero-order valence-electron chi connectivity index (χ0n) is 19.8. The standard InChI is InChI=1S/C26H27FN2O5S/c1-26(2,34-35-27)17-32-21-11-10-20(15-23(21)31-3)29-14-13-22(25(29)30)33-24-12-9-19(16-28-24)18-7-5-4-6-8-18/h4-12,15-16,22H,13-14,17H2,1-3H3. The van der Waals surface area contributed by atoms with Crippen LogP contribution in [0.15, 0.2) is 66.9 Å². The van der Waals surface area contributed by atoms with Gasteiger partial charge >= 0.3 is 0 Å². The average Bonchev–Trinajstić information content (AvgIpc) is 3.23. The molecule has 0 bridgehead atoms. The minimum absolute atomic E-state index is 0.119. The molecule has 0 radical (unpaired) electrons. The second kappa shape index (κ2) is 11.0. The normalized spacial score (nSPS) is 15.8. The van der Waals surface area contributed by atoms with Crippen LogP contribution in [0.4, 0.5) is 9.57 Å². The van der Waals surface area contributed by atoms with Crippen molar-refractivity contribution in [1.82, 2.24) is 4.98 Å². The van der Waals surface area contributed by atoms with Gasteiger partial charge in [-0.25, -0.2) is 4.98 Å². The predicted octanol–water partition coefficient (Wildman–Crippen LogP) is 5.65. The Morgan fingerprint density at radius 2 is 1.89 bits per heavy atom. The molecule has 1 atom stereocenters. The first-order valence-electron chi connectivity index (χ1n) is 11.2. The van der Waals surface area contributed by atoms with E-state index in [-0.39, 0.29) is 24.9 Å². The van der Waals surface area contributed by atoms with Gasteiger partial charge in [0.25, 0.3) is 5.91 Å². The van der Waals surface area contributed by atoms with Crippen molar-refractivity contribution in [2.75, 3.05) is 25.2 Å². The SMILES string of the molecule is COc1cc(N2CCC(Oc3ccc(-c4ccccc4)cn3)C2=O)ccc1OCC(C)(C)OSF. The smallest absolute Gasteiger partial charge is 0.268 e. The van der Waals surface area contributed by atoms with Gasteiger partial charge < -0.3 is 19.1 Å². The van der Waals surface area contributed by atoms with Gasteiger partial charge in [0.05, 0.1) is 7.11 Å².